The van der Waals surface area contributed by atoms with Crippen LogP contribution in [0.15, 0.2) is 60.0 Å². The second-order valence-corrected chi connectivity index (χ2v) is 12.7. The number of aromatic nitrogens is 5. The Balaban J connectivity index is 1.28. The number of pyridine rings is 1. The van der Waals surface area contributed by atoms with Gasteiger partial charge in [0.1, 0.15) is 16.7 Å². The standard InChI is InChI=1S/C33H42N8O3/c1-6-16-40-30(42)24-22-34-31(37-29(24)41(40)28-9-7-8-27(36-28)32(2,3)43)35-23-10-11-25(26(21-23)44-5)39-19-14-33(15-20-39)12-17-38(4)18-13-33/h6-11,21-22,43H,1,12-20H2,2-5H3,(H,34,35,37). The van der Waals surface area contributed by atoms with Crippen molar-refractivity contribution in [2.75, 3.05) is 50.6 Å². The summed E-state index contributed by atoms with van der Waals surface area (Å²) in [5.41, 5.74) is 1.80. The number of ether oxygens (including phenoxy) is 1. The third kappa shape index (κ3) is 5.69. The molecule has 11 nitrogen and oxygen atoms in total. The van der Waals surface area contributed by atoms with E-state index in [4.69, 9.17) is 9.72 Å². The first-order valence-corrected chi connectivity index (χ1v) is 15.3. The molecule has 3 aromatic heterocycles. The summed E-state index contributed by atoms with van der Waals surface area (Å²) in [6.07, 6.45) is 8.16. The van der Waals surface area contributed by atoms with Crippen molar-refractivity contribution in [3.05, 3.63) is 71.3 Å². The quantitative estimate of drug-likeness (QED) is 0.284. The van der Waals surface area contributed by atoms with Crippen LogP contribution < -0.4 is 20.5 Å². The summed E-state index contributed by atoms with van der Waals surface area (Å²) in [5.74, 6) is 1.58. The van der Waals surface area contributed by atoms with Crippen LogP contribution in [-0.2, 0) is 12.1 Å². The number of methoxy groups -OCH3 is 1. The highest BCUT2D eigenvalue weighted by atomic mass is 16.5. The fraction of sp³-hybridized carbons (Fsp3) is 0.455. The second-order valence-electron chi connectivity index (χ2n) is 12.7. The maximum atomic E-state index is 13.3. The summed E-state index contributed by atoms with van der Waals surface area (Å²) >= 11 is 0. The molecule has 0 amide bonds. The zero-order chi connectivity index (χ0) is 31.1. The molecule has 2 aliphatic rings. The molecule has 0 radical (unpaired) electrons. The monoisotopic (exact) mass is 598 g/mol. The van der Waals surface area contributed by atoms with E-state index < -0.39 is 5.60 Å². The summed E-state index contributed by atoms with van der Waals surface area (Å²) in [4.78, 5) is 32.1. The number of hydrogen-bond acceptors (Lipinski definition) is 9. The number of fused-ring (bicyclic) bond motifs is 1. The van der Waals surface area contributed by atoms with Crippen LogP contribution in [0.5, 0.6) is 5.75 Å². The van der Waals surface area contributed by atoms with Crippen LogP contribution >= 0.6 is 0 Å². The Kier molecular flexibility index (Phi) is 7.93. The highest BCUT2D eigenvalue weighted by Crippen LogP contribution is 2.43. The predicted molar refractivity (Wildman–Crippen MR) is 173 cm³/mol. The third-order valence-corrected chi connectivity index (χ3v) is 9.20. The lowest BCUT2D eigenvalue weighted by atomic mass is 9.71. The largest absolute Gasteiger partial charge is 0.495 e. The highest BCUT2D eigenvalue weighted by Gasteiger charge is 2.37. The van der Waals surface area contributed by atoms with Gasteiger partial charge in [0.05, 0.1) is 25.0 Å². The number of aliphatic hydroxyl groups is 1. The first-order valence-electron chi connectivity index (χ1n) is 15.3. The normalized spacial score (nSPS) is 17.2. The molecule has 0 atom stereocenters. The lowest BCUT2D eigenvalue weighted by molar-refractivity contribution is 0.0738. The van der Waals surface area contributed by atoms with E-state index in [-0.39, 0.29) is 12.1 Å². The maximum absolute atomic E-state index is 13.3. The predicted octanol–water partition coefficient (Wildman–Crippen LogP) is 4.46. The van der Waals surface area contributed by atoms with Gasteiger partial charge in [0, 0.05) is 31.0 Å². The number of benzene rings is 1. The molecule has 2 fully saturated rings. The van der Waals surface area contributed by atoms with E-state index in [0.717, 1.165) is 30.2 Å². The molecule has 2 N–H and O–H groups in total. The number of allylic oxidation sites excluding steroid dienone is 1. The average Bonchev–Trinajstić information content (AvgIpc) is 3.29. The summed E-state index contributed by atoms with van der Waals surface area (Å²) in [5, 5.41) is 14.2. The minimum absolute atomic E-state index is 0.250. The molecule has 232 valence electrons. The molecule has 0 unspecified atom stereocenters. The Morgan fingerprint density at radius 2 is 1.82 bits per heavy atom. The minimum Gasteiger partial charge on any atom is -0.495 e. The molecule has 0 saturated carbocycles. The fourth-order valence-electron chi connectivity index (χ4n) is 6.45. The van der Waals surface area contributed by atoms with Crippen molar-refractivity contribution in [3.63, 3.8) is 0 Å². The van der Waals surface area contributed by atoms with Gasteiger partial charge in [-0.05, 0) is 89.3 Å². The summed E-state index contributed by atoms with van der Waals surface area (Å²) in [7, 11) is 3.92. The number of piperidine rings is 2. The van der Waals surface area contributed by atoms with Crippen molar-refractivity contribution in [2.24, 2.45) is 5.41 Å². The smallest absolute Gasteiger partial charge is 0.278 e. The van der Waals surface area contributed by atoms with Crippen LogP contribution in [0.25, 0.3) is 16.9 Å². The lowest BCUT2D eigenvalue weighted by Gasteiger charge is -2.47. The zero-order valence-corrected chi connectivity index (χ0v) is 26.1. The molecule has 1 spiro atoms. The molecule has 6 rings (SSSR count). The number of nitrogens with one attached hydrogen (secondary N) is 1. The Morgan fingerprint density at radius 1 is 1.09 bits per heavy atom. The van der Waals surface area contributed by atoms with Gasteiger partial charge in [0.25, 0.3) is 5.56 Å². The molecular weight excluding hydrogens is 556 g/mol. The van der Waals surface area contributed by atoms with Crippen LogP contribution in [0.1, 0.15) is 45.2 Å². The molecular formula is C33H42N8O3. The van der Waals surface area contributed by atoms with Gasteiger partial charge in [-0.3, -0.25) is 4.79 Å². The summed E-state index contributed by atoms with van der Waals surface area (Å²) < 4.78 is 9.01. The van der Waals surface area contributed by atoms with E-state index in [0.29, 0.717) is 33.9 Å². The van der Waals surface area contributed by atoms with Gasteiger partial charge in [-0.15, -0.1) is 6.58 Å². The summed E-state index contributed by atoms with van der Waals surface area (Å²) in [6, 6.07) is 11.4. The number of nitrogens with zero attached hydrogens (tertiary/aromatic N) is 7. The van der Waals surface area contributed by atoms with E-state index >= 15 is 0 Å². The molecule has 4 aromatic rings. The number of hydrogen-bond donors (Lipinski definition) is 2. The number of rotatable bonds is 8. The van der Waals surface area contributed by atoms with Crippen molar-refractivity contribution in [1.82, 2.24) is 29.2 Å². The highest BCUT2D eigenvalue weighted by molar-refractivity contribution is 5.77. The van der Waals surface area contributed by atoms with E-state index in [1.165, 1.54) is 49.7 Å². The first-order chi connectivity index (χ1) is 21.1. The lowest BCUT2D eigenvalue weighted by Crippen LogP contribution is -2.46. The van der Waals surface area contributed by atoms with Gasteiger partial charge in [-0.2, -0.15) is 4.98 Å². The summed E-state index contributed by atoms with van der Waals surface area (Å²) in [6.45, 7) is 11.8. The average molecular weight is 599 g/mol. The Bertz CT molecular complexity index is 1720. The molecule has 44 heavy (non-hydrogen) atoms. The molecule has 5 heterocycles. The Hall–Kier alpha value is -4.22. The number of likely N-dealkylation sites (tertiary alicyclic amines) is 1. The van der Waals surface area contributed by atoms with Gasteiger partial charge >= 0.3 is 0 Å². The first kappa shape index (κ1) is 29.8. The topological polar surface area (TPSA) is 114 Å². The van der Waals surface area contributed by atoms with Gasteiger partial charge in [-0.1, -0.05) is 12.1 Å². The van der Waals surface area contributed by atoms with Gasteiger partial charge in [0.15, 0.2) is 11.5 Å². The van der Waals surface area contributed by atoms with Crippen LogP contribution in [0.3, 0.4) is 0 Å². The molecule has 2 aliphatic heterocycles. The van der Waals surface area contributed by atoms with E-state index in [1.807, 2.05) is 12.1 Å². The zero-order valence-electron chi connectivity index (χ0n) is 26.1. The van der Waals surface area contributed by atoms with Gasteiger partial charge in [0.2, 0.25) is 5.95 Å². The number of anilines is 3. The second kappa shape index (κ2) is 11.7. The van der Waals surface area contributed by atoms with Crippen LogP contribution in [-0.4, -0.2) is 74.7 Å². The van der Waals surface area contributed by atoms with Crippen LogP contribution in [0.4, 0.5) is 17.3 Å². The van der Waals surface area contributed by atoms with Crippen molar-refractivity contribution < 1.29 is 9.84 Å². The van der Waals surface area contributed by atoms with Crippen LogP contribution in [0.2, 0.25) is 0 Å². The minimum atomic E-state index is -1.15. The molecule has 11 heteroatoms. The SMILES string of the molecule is C=CCn1c(=O)c2cnc(Nc3ccc(N4CCC5(CCN(C)CC5)CC4)c(OC)c3)nc2n1-c1cccc(C(C)(C)O)n1. The van der Waals surface area contributed by atoms with Crippen molar-refractivity contribution >= 4 is 28.4 Å². The Morgan fingerprint density at radius 3 is 2.50 bits per heavy atom. The molecule has 0 bridgehead atoms. The molecule has 1 aromatic carbocycles. The molecule has 2 saturated heterocycles. The van der Waals surface area contributed by atoms with E-state index in [2.05, 4.69) is 44.8 Å². The van der Waals surface area contributed by atoms with E-state index in [1.54, 1.807) is 49.9 Å². The van der Waals surface area contributed by atoms with Crippen LogP contribution in [0, 0.1) is 5.41 Å². The van der Waals surface area contributed by atoms with Gasteiger partial charge < -0.3 is 25.0 Å². The maximum Gasteiger partial charge on any atom is 0.278 e. The van der Waals surface area contributed by atoms with Crippen molar-refractivity contribution in [1.29, 1.82) is 0 Å². The van der Waals surface area contributed by atoms with Crippen molar-refractivity contribution in [3.8, 4) is 11.6 Å². The Labute approximate surface area is 257 Å². The molecule has 0 aliphatic carbocycles. The van der Waals surface area contributed by atoms with E-state index in [9.17, 15) is 9.90 Å². The fourth-order valence-corrected chi connectivity index (χ4v) is 6.45. The van der Waals surface area contributed by atoms with Gasteiger partial charge in [-0.25, -0.2) is 19.3 Å². The van der Waals surface area contributed by atoms with Crippen molar-refractivity contribution in [2.45, 2.75) is 51.7 Å². The third-order valence-electron chi connectivity index (χ3n) is 9.20.